The molecule has 5 nitrogen and oxygen atoms in total. The molecule has 0 aromatic heterocycles. The maximum atomic E-state index is 11.7. The minimum Gasteiger partial charge on any atom is -0.469 e. The molecular formula is C12H24N2O3. The second kappa shape index (κ2) is 6.59. The summed E-state index contributed by atoms with van der Waals surface area (Å²) < 4.78 is 4.47. The van der Waals surface area contributed by atoms with E-state index in [4.69, 9.17) is 0 Å². The van der Waals surface area contributed by atoms with Gasteiger partial charge in [-0.2, -0.15) is 0 Å². The Hall–Kier alpha value is -1.10. The first-order valence-corrected chi connectivity index (χ1v) is 5.63. The Morgan fingerprint density at radius 3 is 2.06 bits per heavy atom. The van der Waals surface area contributed by atoms with Gasteiger partial charge in [0, 0.05) is 20.1 Å². The summed E-state index contributed by atoms with van der Waals surface area (Å²) >= 11 is 0. The highest BCUT2D eigenvalue weighted by atomic mass is 16.5. The summed E-state index contributed by atoms with van der Waals surface area (Å²) in [6.45, 7) is 5.67. The van der Waals surface area contributed by atoms with Gasteiger partial charge >= 0.3 is 5.97 Å². The van der Waals surface area contributed by atoms with Crippen molar-refractivity contribution in [1.82, 2.24) is 9.80 Å². The van der Waals surface area contributed by atoms with E-state index in [9.17, 15) is 9.59 Å². The Morgan fingerprint density at radius 2 is 1.65 bits per heavy atom. The van der Waals surface area contributed by atoms with Gasteiger partial charge in [-0.1, -0.05) is 13.8 Å². The Kier molecular flexibility index (Phi) is 6.16. The van der Waals surface area contributed by atoms with Crippen LogP contribution in [0.15, 0.2) is 0 Å². The number of amides is 1. The van der Waals surface area contributed by atoms with Gasteiger partial charge in [-0.15, -0.1) is 0 Å². The third-order valence-electron chi connectivity index (χ3n) is 2.36. The molecule has 0 aromatic carbocycles. The number of ether oxygens (including phenoxy) is 1. The minimum atomic E-state index is -0.493. The first-order valence-electron chi connectivity index (χ1n) is 5.63. The lowest BCUT2D eigenvalue weighted by Gasteiger charge is -2.32. The van der Waals surface area contributed by atoms with Gasteiger partial charge in [-0.25, -0.2) is 0 Å². The summed E-state index contributed by atoms with van der Waals surface area (Å²) in [5.74, 6) is -0.698. The number of hydrogen-bond donors (Lipinski definition) is 0. The number of carbonyl (C=O) groups is 2. The largest absolute Gasteiger partial charge is 0.469 e. The van der Waals surface area contributed by atoms with Crippen LogP contribution in [0.2, 0.25) is 0 Å². The molecule has 0 atom stereocenters. The van der Waals surface area contributed by atoms with Crippen molar-refractivity contribution in [2.24, 2.45) is 5.41 Å². The van der Waals surface area contributed by atoms with Gasteiger partial charge in [-0.3, -0.25) is 9.59 Å². The smallest absolute Gasteiger partial charge is 0.315 e. The Bertz CT molecular complexity index is 275. The van der Waals surface area contributed by atoms with Crippen molar-refractivity contribution in [3.05, 3.63) is 0 Å². The molecule has 5 heteroatoms. The van der Waals surface area contributed by atoms with Crippen molar-refractivity contribution in [3.63, 3.8) is 0 Å². The zero-order valence-corrected chi connectivity index (χ0v) is 11.7. The van der Waals surface area contributed by atoms with Crippen LogP contribution < -0.4 is 0 Å². The number of hydrogen-bond acceptors (Lipinski definition) is 4. The maximum Gasteiger partial charge on any atom is 0.315 e. The standard InChI is InChI=1S/C12H24N2O3/c1-12(2,8-13(3)4)9-14(5)10(15)7-11(16)17-6/h7-9H2,1-6H3. The van der Waals surface area contributed by atoms with Crippen molar-refractivity contribution < 1.29 is 14.3 Å². The molecule has 1 amide bonds. The predicted octanol–water partition coefficient (Wildman–Crippen LogP) is 0.596. The molecule has 0 unspecified atom stereocenters. The van der Waals surface area contributed by atoms with Crippen LogP contribution in [0, 0.1) is 5.41 Å². The zero-order chi connectivity index (χ0) is 13.6. The second-order valence-electron chi connectivity index (χ2n) is 5.40. The fourth-order valence-corrected chi connectivity index (χ4v) is 1.97. The monoisotopic (exact) mass is 244 g/mol. The van der Waals surface area contributed by atoms with Crippen LogP contribution in [0.1, 0.15) is 20.3 Å². The molecule has 0 fully saturated rings. The number of rotatable bonds is 6. The quantitative estimate of drug-likeness (QED) is 0.507. The molecule has 0 saturated heterocycles. The highest BCUT2D eigenvalue weighted by Crippen LogP contribution is 2.17. The molecule has 100 valence electrons. The van der Waals surface area contributed by atoms with Crippen LogP contribution in [0.4, 0.5) is 0 Å². The molecular weight excluding hydrogens is 220 g/mol. The Morgan fingerprint density at radius 1 is 1.12 bits per heavy atom. The van der Waals surface area contributed by atoms with E-state index in [0.29, 0.717) is 6.54 Å². The number of nitrogens with zero attached hydrogens (tertiary/aromatic N) is 2. The van der Waals surface area contributed by atoms with E-state index >= 15 is 0 Å². The van der Waals surface area contributed by atoms with Crippen molar-refractivity contribution in [1.29, 1.82) is 0 Å². The number of esters is 1. The molecule has 0 heterocycles. The molecule has 0 saturated carbocycles. The summed E-state index contributed by atoms with van der Waals surface area (Å²) in [6.07, 6.45) is -0.189. The van der Waals surface area contributed by atoms with Gasteiger partial charge in [0.05, 0.1) is 7.11 Å². The lowest BCUT2D eigenvalue weighted by molar-refractivity contribution is -0.146. The SMILES string of the molecule is COC(=O)CC(=O)N(C)CC(C)(C)CN(C)C. The normalized spacial score (nSPS) is 11.5. The van der Waals surface area contributed by atoms with Gasteiger partial charge in [0.15, 0.2) is 0 Å². The molecule has 0 aliphatic heterocycles. The van der Waals surface area contributed by atoms with Crippen LogP contribution in [0.3, 0.4) is 0 Å². The van der Waals surface area contributed by atoms with E-state index in [2.05, 4.69) is 23.5 Å². The zero-order valence-electron chi connectivity index (χ0n) is 11.7. The maximum absolute atomic E-state index is 11.7. The highest BCUT2D eigenvalue weighted by molar-refractivity contribution is 5.94. The van der Waals surface area contributed by atoms with Crippen LogP contribution >= 0.6 is 0 Å². The van der Waals surface area contributed by atoms with Gasteiger partial charge in [-0.05, 0) is 19.5 Å². The average molecular weight is 244 g/mol. The molecule has 0 rings (SSSR count). The fraction of sp³-hybridized carbons (Fsp3) is 0.833. The van der Waals surface area contributed by atoms with E-state index in [1.807, 2.05) is 14.1 Å². The van der Waals surface area contributed by atoms with Gasteiger partial charge in [0.25, 0.3) is 0 Å². The van der Waals surface area contributed by atoms with Crippen molar-refractivity contribution in [2.75, 3.05) is 41.3 Å². The Balaban J connectivity index is 4.28. The van der Waals surface area contributed by atoms with Crippen LogP contribution in [0.5, 0.6) is 0 Å². The first kappa shape index (κ1) is 15.9. The summed E-state index contributed by atoms with van der Waals surface area (Å²) in [5.41, 5.74) is -0.00989. The average Bonchev–Trinajstić information content (AvgIpc) is 2.14. The molecule has 0 aromatic rings. The summed E-state index contributed by atoms with van der Waals surface area (Å²) in [6, 6.07) is 0. The summed E-state index contributed by atoms with van der Waals surface area (Å²) in [5, 5.41) is 0. The van der Waals surface area contributed by atoms with E-state index in [1.54, 1.807) is 11.9 Å². The topological polar surface area (TPSA) is 49.9 Å². The minimum absolute atomic E-state index is 0.00989. The Labute approximate surface area is 104 Å². The van der Waals surface area contributed by atoms with E-state index in [1.165, 1.54) is 7.11 Å². The second-order valence-corrected chi connectivity index (χ2v) is 5.40. The lowest BCUT2D eigenvalue weighted by Crippen LogP contribution is -2.41. The fourth-order valence-electron chi connectivity index (χ4n) is 1.97. The van der Waals surface area contributed by atoms with Crippen LogP contribution in [-0.2, 0) is 14.3 Å². The van der Waals surface area contributed by atoms with E-state index in [-0.39, 0.29) is 17.7 Å². The van der Waals surface area contributed by atoms with Crippen molar-refractivity contribution in [2.45, 2.75) is 20.3 Å². The highest BCUT2D eigenvalue weighted by Gasteiger charge is 2.24. The van der Waals surface area contributed by atoms with E-state index in [0.717, 1.165) is 6.54 Å². The third kappa shape index (κ3) is 6.94. The van der Waals surface area contributed by atoms with Crippen molar-refractivity contribution in [3.8, 4) is 0 Å². The van der Waals surface area contributed by atoms with Crippen molar-refractivity contribution >= 4 is 11.9 Å². The molecule has 0 spiro atoms. The molecule has 0 aliphatic rings. The number of methoxy groups -OCH3 is 1. The number of carbonyl (C=O) groups excluding carboxylic acids is 2. The van der Waals surface area contributed by atoms with Crippen LogP contribution in [0.25, 0.3) is 0 Å². The molecule has 0 N–H and O–H groups in total. The molecule has 0 radical (unpaired) electrons. The van der Waals surface area contributed by atoms with Gasteiger partial charge < -0.3 is 14.5 Å². The lowest BCUT2D eigenvalue weighted by atomic mass is 9.92. The van der Waals surface area contributed by atoms with E-state index < -0.39 is 5.97 Å². The predicted molar refractivity (Wildman–Crippen MR) is 66.6 cm³/mol. The third-order valence-corrected chi connectivity index (χ3v) is 2.36. The summed E-state index contributed by atoms with van der Waals surface area (Å²) in [7, 11) is 6.99. The molecule has 0 bridgehead atoms. The molecule has 17 heavy (non-hydrogen) atoms. The first-order chi connectivity index (χ1) is 7.68. The van der Waals surface area contributed by atoms with Crippen LogP contribution in [-0.4, -0.2) is 63.0 Å². The molecule has 0 aliphatic carbocycles. The van der Waals surface area contributed by atoms with Gasteiger partial charge in [0.2, 0.25) is 5.91 Å². The van der Waals surface area contributed by atoms with Gasteiger partial charge in [0.1, 0.15) is 6.42 Å². The summed E-state index contributed by atoms with van der Waals surface area (Å²) in [4.78, 5) is 26.3.